The van der Waals surface area contributed by atoms with Gasteiger partial charge < -0.3 is 14.2 Å². The zero-order chi connectivity index (χ0) is 43.0. The quantitative estimate of drug-likeness (QED) is 0.0265. The topological polar surface area (TPSA) is 78.9 Å². The van der Waals surface area contributed by atoms with Crippen molar-refractivity contribution in [1.29, 1.82) is 0 Å². The predicted octanol–water partition coefficient (Wildman–Crippen LogP) is 15.4. The highest BCUT2D eigenvalue weighted by Gasteiger charge is 2.19. The molecule has 59 heavy (non-hydrogen) atoms. The van der Waals surface area contributed by atoms with E-state index in [-0.39, 0.29) is 37.5 Å². The summed E-state index contributed by atoms with van der Waals surface area (Å²) in [6, 6.07) is 0. The Hall–Kier alpha value is -3.67. The van der Waals surface area contributed by atoms with Crippen LogP contribution in [0.25, 0.3) is 0 Å². The second-order valence-electron chi connectivity index (χ2n) is 15.3. The van der Waals surface area contributed by atoms with Crippen molar-refractivity contribution in [2.45, 2.75) is 207 Å². The number of unbranched alkanes of at least 4 members (excludes halogenated alkanes) is 14. The molecule has 0 spiro atoms. The molecule has 1 atom stereocenters. The molecule has 1 unspecified atom stereocenters. The summed E-state index contributed by atoms with van der Waals surface area (Å²) in [4.78, 5) is 37.8. The van der Waals surface area contributed by atoms with E-state index in [1.807, 2.05) is 0 Å². The smallest absolute Gasteiger partial charge is 0.306 e. The van der Waals surface area contributed by atoms with E-state index in [1.165, 1.54) is 44.9 Å². The van der Waals surface area contributed by atoms with Gasteiger partial charge in [0, 0.05) is 19.3 Å². The lowest BCUT2D eigenvalue weighted by atomic mass is 10.1. The maximum atomic E-state index is 12.7. The van der Waals surface area contributed by atoms with Crippen molar-refractivity contribution >= 4 is 17.9 Å². The Kier molecular flexibility index (Phi) is 44.1. The van der Waals surface area contributed by atoms with Crippen LogP contribution in [-0.2, 0) is 28.6 Å². The molecule has 0 aromatic carbocycles. The Labute approximate surface area is 362 Å². The third-order valence-corrected chi connectivity index (χ3v) is 9.58. The summed E-state index contributed by atoms with van der Waals surface area (Å²) >= 11 is 0. The van der Waals surface area contributed by atoms with Crippen LogP contribution in [0.4, 0.5) is 0 Å². The molecule has 0 saturated carbocycles. The van der Waals surface area contributed by atoms with Crippen LogP contribution in [-0.4, -0.2) is 37.2 Å². The Bertz CT molecular complexity index is 1220. The van der Waals surface area contributed by atoms with Gasteiger partial charge in [0.05, 0.1) is 0 Å². The second kappa shape index (κ2) is 47.0. The SMILES string of the molecule is CC/C=C\C/C=C\C/C=C\C/C=C\C/C=C\CCCCCC(=O)OCC(COC(=O)CCCCCCCCCCCC)OC(=O)CCCC/C=C\C/C=C\C/C=C\CC. The van der Waals surface area contributed by atoms with E-state index in [0.717, 1.165) is 109 Å². The minimum Gasteiger partial charge on any atom is -0.462 e. The molecule has 334 valence electrons. The van der Waals surface area contributed by atoms with Crippen molar-refractivity contribution in [2.24, 2.45) is 0 Å². The average Bonchev–Trinajstić information content (AvgIpc) is 3.23. The number of ether oxygens (including phenoxy) is 3. The fourth-order valence-corrected chi connectivity index (χ4v) is 6.07. The zero-order valence-electron chi connectivity index (χ0n) is 38.0. The van der Waals surface area contributed by atoms with Crippen molar-refractivity contribution in [3.63, 3.8) is 0 Å². The van der Waals surface area contributed by atoms with Crippen LogP contribution in [0.5, 0.6) is 0 Å². The van der Waals surface area contributed by atoms with Gasteiger partial charge in [0.25, 0.3) is 0 Å². The van der Waals surface area contributed by atoms with Crippen LogP contribution in [0.15, 0.2) is 97.2 Å². The first-order valence-corrected chi connectivity index (χ1v) is 23.7. The Morgan fingerprint density at radius 2 is 0.661 bits per heavy atom. The summed E-state index contributed by atoms with van der Waals surface area (Å²) in [5, 5.41) is 0. The van der Waals surface area contributed by atoms with Crippen LogP contribution in [0.1, 0.15) is 201 Å². The van der Waals surface area contributed by atoms with Gasteiger partial charge in [-0.1, -0.05) is 182 Å². The molecule has 0 aromatic heterocycles. The largest absolute Gasteiger partial charge is 0.462 e. The van der Waals surface area contributed by atoms with Crippen LogP contribution in [0.2, 0.25) is 0 Å². The van der Waals surface area contributed by atoms with Crippen molar-refractivity contribution in [3.8, 4) is 0 Å². The zero-order valence-corrected chi connectivity index (χ0v) is 38.0. The predicted molar refractivity (Wildman–Crippen MR) is 251 cm³/mol. The fraction of sp³-hybridized carbons (Fsp3) is 0.642. The normalized spacial score (nSPS) is 12.9. The molecule has 0 aliphatic carbocycles. The molecule has 0 aromatic rings. The minimum absolute atomic E-state index is 0.104. The first-order chi connectivity index (χ1) is 29.0. The first kappa shape index (κ1) is 55.3. The maximum absolute atomic E-state index is 12.7. The number of carbonyl (C=O) groups is 3. The van der Waals surface area contributed by atoms with Gasteiger partial charge in [-0.15, -0.1) is 0 Å². The molecule has 0 radical (unpaired) electrons. The average molecular weight is 819 g/mol. The van der Waals surface area contributed by atoms with Gasteiger partial charge in [0.2, 0.25) is 0 Å². The van der Waals surface area contributed by atoms with E-state index < -0.39 is 6.10 Å². The molecule has 0 saturated heterocycles. The molecule has 0 aliphatic rings. The minimum atomic E-state index is -0.808. The van der Waals surface area contributed by atoms with Crippen molar-refractivity contribution < 1.29 is 28.6 Å². The molecule has 0 amide bonds. The molecule has 6 nitrogen and oxygen atoms in total. The van der Waals surface area contributed by atoms with Gasteiger partial charge in [-0.3, -0.25) is 14.4 Å². The molecular formula is C53H86O6. The van der Waals surface area contributed by atoms with Crippen LogP contribution < -0.4 is 0 Å². The van der Waals surface area contributed by atoms with Crippen LogP contribution in [0.3, 0.4) is 0 Å². The van der Waals surface area contributed by atoms with Crippen molar-refractivity contribution in [1.82, 2.24) is 0 Å². The van der Waals surface area contributed by atoms with Crippen molar-refractivity contribution in [3.05, 3.63) is 97.2 Å². The molecule has 0 rings (SSSR count). The van der Waals surface area contributed by atoms with E-state index in [0.29, 0.717) is 19.3 Å². The Balaban J connectivity index is 4.46. The standard InChI is InChI=1S/C53H86O6/c1-4-7-10-13-16-19-22-24-25-26-27-28-29-30-32-34-37-40-43-46-52(55)58-49-50(48-57-51(54)45-42-39-36-33-21-18-15-12-9-6-3)59-53(56)47-44-41-38-35-31-23-20-17-14-11-8-5-2/h7-8,10-11,16-17,19-20,24-25,27-28,30-32,35,50H,4-6,9,12-15,18,21-23,26,29,33-34,36-49H2,1-3H3/b10-7-,11-8-,19-16-,20-17-,25-24-,28-27-,32-30-,35-31-. The van der Waals surface area contributed by atoms with Gasteiger partial charge >= 0.3 is 17.9 Å². The molecule has 6 heteroatoms. The van der Waals surface area contributed by atoms with Crippen molar-refractivity contribution in [2.75, 3.05) is 13.2 Å². The number of hydrogen-bond acceptors (Lipinski definition) is 6. The summed E-state index contributed by atoms with van der Waals surface area (Å²) in [6.07, 6.45) is 61.1. The van der Waals surface area contributed by atoms with Gasteiger partial charge in [-0.2, -0.15) is 0 Å². The summed E-state index contributed by atoms with van der Waals surface area (Å²) in [7, 11) is 0. The fourth-order valence-electron chi connectivity index (χ4n) is 6.07. The second-order valence-corrected chi connectivity index (χ2v) is 15.3. The lowest BCUT2D eigenvalue weighted by Gasteiger charge is -2.18. The Morgan fingerprint density at radius 1 is 0.356 bits per heavy atom. The molecule has 0 aliphatic heterocycles. The van der Waals surface area contributed by atoms with E-state index in [1.54, 1.807) is 0 Å². The van der Waals surface area contributed by atoms with Gasteiger partial charge in [-0.25, -0.2) is 0 Å². The Morgan fingerprint density at radius 3 is 1.07 bits per heavy atom. The lowest BCUT2D eigenvalue weighted by Crippen LogP contribution is -2.30. The molecule has 0 N–H and O–H groups in total. The number of allylic oxidation sites excluding steroid dienone is 16. The van der Waals surface area contributed by atoms with Gasteiger partial charge in [0.15, 0.2) is 6.10 Å². The first-order valence-electron chi connectivity index (χ1n) is 23.7. The monoisotopic (exact) mass is 819 g/mol. The lowest BCUT2D eigenvalue weighted by molar-refractivity contribution is -0.167. The third kappa shape index (κ3) is 45.3. The summed E-state index contributed by atoms with van der Waals surface area (Å²) in [6.45, 7) is 6.31. The van der Waals surface area contributed by atoms with Gasteiger partial charge in [0.1, 0.15) is 13.2 Å². The third-order valence-electron chi connectivity index (χ3n) is 9.58. The number of rotatable bonds is 41. The highest BCUT2D eigenvalue weighted by Crippen LogP contribution is 2.13. The van der Waals surface area contributed by atoms with E-state index in [2.05, 4.69) is 118 Å². The molecular weight excluding hydrogens is 733 g/mol. The van der Waals surface area contributed by atoms with E-state index in [4.69, 9.17) is 14.2 Å². The molecule has 0 bridgehead atoms. The number of hydrogen-bond donors (Lipinski definition) is 0. The summed E-state index contributed by atoms with van der Waals surface area (Å²) in [5.74, 6) is -0.987. The molecule has 0 heterocycles. The van der Waals surface area contributed by atoms with E-state index in [9.17, 15) is 14.4 Å². The number of esters is 3. The van der Waals surface area contributed by atoms with Crippen LogP contribution >= 0.6 is 0 Å². The number of carbonyl (C=O) groups excluding carboxylic acids is 3. The van der Waals surface area contributed by atoms with E-state index >= 15 is 0 Å². The summed E-state index contributed by atoms with van der Waals surface area (Å²) in [5.41, 5.74) is 0. The maximum Gasteiger partial charge on any atom is 0.306 e. The van der Waals surface area contributed by atoms with Gasteiger partial charge in [-0.05, 0) is 96.3 Å². The molecule has 0 fully saturated rings. The highest BCUT2D eigenvalue weighted by atomic mass is 16.6. The van der Waals surface area contributed by atoms with Crippen LogP contribution in [0, 0.1) is 0 Å². The highest BCUT2D eigenvalue weighted by molar-refractivity contribution is 5.71. The summed E-state index contributed by atoms with van der Waals surface area (Å²) < 4.78 is 16.7.